The van der Waals surface area contributed by atoms with Crippen molar-refractivity contribution in [1.29, 1.82) is 0 Å². The van der Waals surface area contributed by atoms with E-state index in [4.69, 9.17) is 4.74 Å². The summed E-state index contributed by atoms with van der Waals surface area (Å²) in [6.45, 7) is 3.21. The Labute approximate surface area is 201 Å². The molecule has 0 aromatic heterocycles. The van der Waals surface area contributed by atoms with E-state index in [-0.39, 0.29) is 48.2 Å². The van der Waals surface area contributed by atoms with Gasteiger partial charge >= 0.3 is 5.97 Å². The summed E-state index contributed by atoms with van der Waals surface area (Å²) in [5.41, 5.74) is 0.297. The topological polar surface area (TPSA) is 122 Å². The number of carbonyl (C=O) groups excluding carboxylic acids is 3. The number of hydrogen-bond donors (Lipinski definition) is 2. The Balaban J connectivity index is 1.41. The van der Waals surface area contributed by atoms with Crippen LogP contribution in [0.1, 0.15) is 62.2 Å². The summed E-state index contributed by atoms with van der Waals surface area (Å²) in [7, 11) is -3.71. The number of esters is 1. The number of nitrogens with zero attached hydrogens (tertiary/aromatic N) is 1. The zero-order chi connectivity index (χ0) is 24.6. The van der Waals surface area contributed by atoms with Gasteiger partial charge in [-0.15, -0.1) is 0 Å². The summed E-state index contributed by atoms with van der Waals surface area (Å²) in [6.07, 6.45) is 6.14. The number of hydrogen-bond acceptors (Lipinski definition) is 6. The number of carbonyl (C=O) groups is 3. The maximum Gasteiger partial charge on any atom is 0.338 e. The van der Waals surface area contributed by atoms with Crippen LogP contribution in [0.15, 0.2) is 29.2 Å². The number of sulfonamides is 1. The van der Waals surface area contributed by atoms with Crippen LogP contribution in [0.5, 0.6) is 0 Å². The number of amides is 2. The smallest absolute Gasteiger partial charge is 0.338 e. The van der Waals surface area contributed by atoms with Gasteiger partial charge in [0.2, 0.25) is 21.8 Å². The van der Waals surface area contributed by atoms with E-state index in [0.717, 1.165) is 25.7 Å². The van der Waals surface area contributed by atoms with Gasteiger partial charge in [-0.2, -0.15) is 4.31 Å². The molecule has 1 saturated heterocycles. The first-order chi connectivity index (χ1) is 16.3. The molecule has 1 aliphatic heterocycles. The van der Waals surface area contributed by atoms with Gasteiger partial charge in [0.15, 0.2) is 0 Å². The largest absolute Gasteiger partial charge is 0.462 e. The van der Waals surface area contributed by atoms with Crippen molar-refractivity contribution in [2.45, 2.75) is 56.8 Å². The second kappa shape index (κ2) is 12.3. The van der Waals surface area contributed by atoms with E-state index >= 15 is 0 Å². The fourth-order valence-corrected chi connectivity index (χ4v) is 5.98. The van der Waals surface area contributed by atoms with Crippen LogP contribution in [0.3, 0.4) is 0 Å². The molecule has 1 aliphatic carbocycles. The highest BCUT2D eigenvalue weighted by atomic mass is 32.2. The summed E-state index contributed by atoms with van der Waals surface area (Å²) in [4.78, 5) is 36.5. The highest BCUT2D eigenvalue weighted by Crippen LogP contribution is 2.25. The summed E-state index contributed by atoms with van der Waals surface area (Å²) < 4.78 is 32.2. The van der Waals surface area contributed by atoms with Gasteiger partial charge in [0, 0.05) is 38.0 Å². The molecular formula is C24H35N3O6S. The molecule has 34 heavy (non-hydrogen) atoms. The van der Waals surface area contributed by atoms with Crippen molar-refractivity contribution in [3.05, 3.63) is 29.8 Å². The lowest BCUT2D eigenvalue weighted by atomic mass is 9.89. The number of piperidine rings is 1. The van der Waals surface area contributed by atoms with Crippen LogP contribution in [-0.4, -0.2) is 63.3 Å². The second-order valence-corrected chi connectivity index (χ2v) is 10.8. The third-order valence-electron chi connectivity index (χ3n) is 6.53. The van der Waals surface area contributed by atoms with E-state index in [0.29, 0.717) is 31.5 Å². The van der Waals surface area contributed by atoms with E-state index in [2.05, 4.69) is 10.6 Å². The van der Waals surface area contributed by atoms with Gasteiger partial charge in [-0.25, -0.2) is 13.2 Å². The minimum absolute atomic E-state index is 0.0720. The molecule has 1 aromatic rings. The summed E-state index contributed by atoms with van der Waals surface area (Å²) in [5.74, 6) is -0.693. The van der Waals surface area contributed by atoms with Crippen LogP contribution < -0.4 is 10.6 Å². The lowest BCUT2D eigenvalue weighted by Gasteiger charge is -2.30. The standard InChI is InChI=1S/C24H35N3O6S/c1-2-33-24(30)20-8-10-21(11-9-20)34(31,32)27-16-12-19(13-17-27)23(29)26-15-14-25-22(28)18-6-4-3-5-7-18/h8-11,18-19H,2-7,12-17H2,1H3,(H,25,28)(H,26,29). The van der Waals surface area contributed by atoms with Crippen LogP contribution in [0.2, 0.25) is 0 Å². The Kier molecular flexibility index (Phi) is 9.46. The molecule has 0 radical (unpaired) electrons. The summed E-state index contributed by atoms with van der Waals surface area (Å²) in [5, 5.41) is 5.76. The zero-order valence-corrected chi connectivity index (χ0v) is 20.6. The average Bonchev–Trinajstić information content (AvgIpc) is 2.87. The highest BCUT2D eigenvalue weighted by molar-refractivity contribution is 7.89. The quantitative estimate of drug-likeness (QED) is 0.401. The minimum atomic E-state index is -3.71. The first-order valence-electron chi connectivity index (χ1n) is 12.2. The summed E-state index contributed by atoms with van der Waals surface area (Å²) >= 11 is 0. The lowest BCUT2D eigenvalue weighted by Crippen LogP contribution is -2.44. The van der Waals surface area contributed by atoms with Crippen molar-refractivity contribution in [1.82, 2.24) is 14.9 Å². The molecule has 0 spiro atoms. The molecule has 0 atom stereocenters. The number of benzene rings is 1. The van der Waals surface area contributed by atoms with Crippen molar-refractivity contribution >= 4 is 27.8 Å². The highest BCUT2D eigenvalue weighted by Gasteiger charge is 2.32. The van der Waals surface area contributed by atoms with Crippen LogP contribution >= 0.6 is 0 Å². The van der Waals surface area contributed by atoms with Gasteiger partial charge < -0.3 is 15.4 Å². The van der Waals surface area contributed by atoms with Gasteiger partial charge in [0.1, 0.15) is 0 Å². The fourth-order valence-electron chi connectivity index (χ4n) is 4.51. The molecule has 3 rings (SSSR count). The maximum atomic E-state index is 12.9. The number of rotatable bonds is 9. The van der Waals surface area contributed by atoms with Gasteiger partial charge in [-0.05, 0) is 56.9 Å². The molecule has 2 aliphatic rings. The molecule has 0 unspecified atom stereocenters. The number of nitrogens with one attached hydrogen (secondary N) is 2. The van der Waals surface area contributed by atoms with E-state index in [1.807, 2.05) is 0 Å². The molecular weight excluding hydrogens is 458 g/mol. The molecule has 10 heteroatoms. The summed E-state index contributed by atoms with van der Waals surface area (Å²) in [6, 6.07) is 5.69. The minimum Gasteiger partial charge on any atom is -0.462 e. The van der Waals surface area contributed by atoms with Gasteiger partial charge in [-0.1, -0.05) is 19.3 Å². The van der Waals surface area contributed by atoms with Crippen LogP contribution in [0, 0.1) is 11.8 Å². The van der Waals surface area contributed by atoms with E-state index in [1.165, 1.54) is 35.0 Å². The first kappa shape index (κ1) is 26.2. The van der Waals surface area contributed by atoms with Crippen LogP contribution in [0.4, 0.5) is 0 Å². The zero-order valence-electron chi connectivity index (χ0n) is 19.8. The lowest BCUT2D eigenvalue weighted by molar-refractivity contribution is -0.127. The fraction of sp³-hybridized carbons (Fsp3) is 0.625. The Bertz CT molecular complexity index is 949. The molecule has 2 amide bonds. The number of ether oxygens (including phenoxy) is 1. The first-order valence-corrected chi connectivity index (χ1v) is 13.6. The van der Waals surface area contributed by atoms with E-state index < -0.39 is 16.0 Å². The van der Waals surface area contributed by atoms with Crippen LogP contribution in [-0.2, 0) is 24.3 Å². The molecule has 0 bridgehead atoms. The molecule has 1 heterocycles. The van der Waals surface area contributed by atoms with Gasteiger partial charge in [0.05, 0.1) is 17.1 Å². The van der Waals surface area contributed by atoms with E-state index in [9.17, 15) is 22.8 Å². The molecule has 9 nitrogen and oxygen atoms in total. The average molecular weight is 494 g/mol. The molecule has 2 N–H and O–H groups in total. The van der Waals surface area contributed by atoms with Crippen molar-refractivity contribution < 1.29 is 27.5 Å². The third-order valence-corrected chi connectivity index (χ3v) is 8.44. The van der Waals surface area contributed by atoms with Crippen molar-refractivity contribution in [3.8, 4) is 0 Å². The van der Waals surface area contributed by atoms with Gasteiger partial charge in [0.25, 0.3) is 0 Å². The normalized spacial score (nSPS) is 18.3. The molecule has 1 saturated carbocycles. The van der Waals surface area contributed by atoms with Crippen molar-refractivity contribution in [2.24, 2.45) is 11.8 Å². The molecule has 188 valence electrons. The molecule has 2 fully saturated rings. The Morgan fingerprint density at radius 3 is 1.94 bits per heavy atom. The Hall–Kier alpha value is -2.46. The Morgan fingerprint density at radius 2 is 1.41 bits per heavy atom. The van der Waals surface area contributed by atoms with E-state index in [1.54, 1.807) is 6.92 Å². The monoisotopic (exact) mass is 493 g/mol. The van der Waals surface area contributed by atoms with Gasteiger partial charge in [-0.3, -0.25) is 9.59 Å². The predicted octanol–water partition coefficient (Wildman–Crippen LogP) is 2.08. The predicted molar refractivity (Wildman–Crippen MR) is 126 cm³/mol. The Morgan fingerprint density at radius 1 is 0.882 bits per heavy atom. The van der Waals surface area contributed by atoms with Crippen molar-refractivity contribution in [2.75, 3.05) is 32.8 Å². The SMILES string of the molecule is CCOC(=O)c1ccc(S(=O)(=O)N2CCC(C(=O)NCCNC(=O)C3CCCCC3)CC2)cc1. The second-order valence-electron chi connectivity index (χ2n) is 8.84. The molecule has 1 aromatic carbocycles. The van der Waals surface area contributed by atoms with Crippen LogP contribution in [0.25, 0.3) is 0 Å². The van der Waals surface area contributed by atoms with Crippen molar-refractivity contribution in [3.63, 3.8) is 0 Å². The third kappa shape index (κ3) is 6.79. The maximum absolute atomic E-state index is 12.9.